The Kier molecular flexibility index (Phi) is 8.07. The number of piperazine rings is 1. The van der Waals surface area contributed by atoms with Crippen molar-refractivity contribution in [3.63, 3.8) is 0 Å². The number of sulfonamides is 1. The second-order valence-electron chi connectivity index (χ2n) is 8.83. The predicted molar refractivity (Wildman–Crippen MR) is 131 cm³/mol. The molecule has 0 spiro atoms. The van der Waals surface area contributed by atoms with Gasteiger partial charge in [-0.2, -0.15) is 4.31 Å². The first kappa shape index (κ1) is 24.2. The zero-order chi connectivity index (χ0) is 23.3. The van der Waals surface area contributed by atoms with Gasteiger partial charge >= 0.3 is 0 Å². The number of hydrogen-bond donors (Lipinski definition) is 0. The Bertz CT molecular complexity index is 1050. The van der Waals surface area contributed by atoms with E-state index in [1.807, 2.05) is 11.0 Å². The number of nitrogens with zero attached hydrogens (tertiary/aromatic N) is 3. The summed E-state index contributed by atoms with van der Waals surface area (Å²) >= 11 is 6.30. The lowest BCUT2D eigenvalue weighted by atomic mass is 10.1. The Morgan fingerprint density at radius 3 is 2.18 bits per heavy atom. The Balaban J connectivity index is 1.40. The molecule has 0 atom stereocenters. The van der Waals surface area contributed by atoms with E-state index >= 15 is 0 Å². The molecule has 0 unspecified atom stereocenters. The molecule has 2 saturated heterocycles. The topological polar surface area (TPSA) is 60.9 Å². The zero-order valence-corrected chi connectivity index (χ0v) is 20.5. The van der Waals surface area contributed by atoms with E-state index in [0.29, 0.717) is 31.7 Å². The third kappa shape index (κ3) is 5.96. The molecule has 2 fully saturated rings. The smallest absolute Gasteiger partial charge is 0.253 e. The maximum Gasteiger partial charge on any atom is 0.253 e. The fourth-order valence-corrected chi connectivity index (χ4v) is 6.56. The summed E-state index contributed by atoms with van der Waals surface area (Å²) in [6.07, 6.45) is 4.77. The SMILES string of the molecule is O=C(c1ccc(Cl)c(S(=O)(=O)N2CCCCCC2)c1)N1CCN(CCc2ccccc2)CC1. The van der Waals surface area contributed by atoms with Gasteiger partial charge in [0.05, 0.1) is 5.02 Å². The fraction of sp³-hybridized carbons (Fsp3) is 0.480. The number of rotatable bonds is 6. The number of benzene rings is 2. The van der Waals surface area contributed by atoms with Gasteiger partial charge in [-0.05, 0) is 43.0 Å². The molecule has 2 aromatic rings. The van der Waals surface area contributed by atoms with Crippen molar-refractivity contribution in [2.24, 2.45) is 0 Å². The summed E-state index contributed by atoms with van der Waals surface area (Å²) in [7, 11) is -3.72. The average molecular weight is 490 g/mol. The number of carbonyl (C=O) groups is 1. The summed E-state index contributed by atoms with van der Waals surface area (Å²) in [4.78, 5) is 17.4. The summed E-state index contributed by atoms with van der Waals surface area (Å²) in [6, 6.07) is 15.0. The van der Waals surface area contributed by atoms with E-state index in [2.05, 4.69) is 29.2 Å². The lowest BCUT2D eigenvalue weighted by Crippen LogP contribution is -2.49. The van der Waals surface area contributed by atoms with Crippen molar-refractivity contribution < 1.29 is 13.2 Å². The Hall–Kier alpha value is -1.93. The van der Waals surface area contributed by atoms with Gasteiger partial charge in [0.2, 0.25) is 10.0 Å². The highest BCUT2D eigenvalue weighted by Gasteiger charge is 2.29. The quantitative estimate of drug-likeness (QED) is 0.617. The maximum atomic E-state index is 13.3. The largest absolute Gasteiger partial charge is 0.336 e. The summed E-state index contributed by atoms with van der Waals surface area (Å²) in [6.45, 7) is 4.85. The minimum absolute atomic E-state index is 0.0402. The van der Waals surface area contributed by atoms with Crippen LogP contribution in [0.4, 0.5) is 0 Å². The van der Waals surface area contributed by atoms with Crippen LogP contribution in [0.25, 0.3) is 0 Å². The molecule has 0 radical (unpaired) electrons. The third-order valence-electron chi connectivity index (χ3n) is 6.58. The van der Waals surface area contributed by atoms with Crippen LogP contribution in [0.1, 0.15) is 41.6 Å². The van der Waals surface area contributed by atoms with Crippen LogP contribution in [0.5, 0.6) is 0 Å². The van der Waals surface area contributed by atoms with Crippen LogP contribution >= 0.6 is 11.6 Å². The van der Waals surface area contributed by atoms with Gasteiger partial charge in [0.1, 0.15) is 4.90 Å². The van der Waals surface area contributed by atoms with Gasteiger partial charge in [-0.15, -0.1) is 0 Å². The van der Waals surface area contributed by atoms with Crippen molar-refractivity contribution in [3.8, 4) is 0 Å². The zero-order valence-electron chi connectivity index (χ0n) is 19.0. The summed E-state index contributed by atoms with van der Waals surface area (Å²) < 4.78 is 28.0. The molecule has 33 heavy (non-hydrogen) atoms. The minimum atomic E-state index is -3.72. The van der Waals surface area contributed by atoms with Gasteiger partial charge in [0.15, 0.2) is 0 Å². The van der Waals surface area contributed by atoms with Crippen LogP contribution in [-0.2, 0) is 16.4 Å². The Morgan fingerprint density at radius 2 is 1.52 bits per heavy atom. The molecule has 2 aliphatic heterocycles. The van der Waals surface area contributed by atoms with Gasteiger partial charge in [0.25, 0.3) is 5.91 Å². The van der Waals surface area contributed by atoms with Crippen LogP contribution in [0.3, 0.4) is 0 Å². The first-order chi connectivity index (χ1) is 15.9. The van der Waals surface area contributed by atoms with Gasteiger partial charge in [-0.1, -0.05) is 54.8 Å². The van der Waals surface area contributed by atoms with Crippen LogP contribution in [0, 0.1) is 0 Å². The van der Waals surface area contributed by atoms with Crippen molar-refractivity contribution in [2.75, 3.05) is 45.8 Å². The number of amides is 1. The summed E-state index contributed by atoms with van der Waals surface area (Å²) in [5.74, 6) is -0.137. The molecule has 2 aliphatic rings. The fourth-order valence-electron chi connectivity index (χ4n) is 4.54. The second kappa shape index (κ2) is 11.0. The predicted octanol–water partition coefficient (Wildman–Crippen LogP) is 3.91. The molecule has 4 rings (SSSR count). The molecule has 0 aliphatic carbocycles. The number of carbonyl (C=O) groups excluding carboxylic acids is 1. The van der Waals surface area contributed by atoms with Crippen LogP contribution < -0.4 is 0 Å². The first-order valence-electron chi connectivity index (χ1n) is 11.8. The molecule has 6 nitrogen and oxygen atoms in total. The van der Waals surface area contributed by atoms with E-state index in [0.717, 1.165) is 51.7 Å². The molecule has 2 heterocycles. The molecule has 0 N–H and O–H groups in total. The Morgan fingerprint density at radius 1 is 0.848 bits per heavy atom. The second-order valence-corrected chi connectivity index (χ2v) is 11.1. The van der Waals surface area contributed by atoms with Crippen LogP contribution in [0.15, 0.2) is 53.4 Å². The normalized spacial score (nSPS) is 18.8. The number of hydrogen-bond acceptors (Lipinski definition) is 4. The third-order valence-corrected chi connectivity index (χ3v) is 8.96. The van der Waals surface area contributed by atoms with Crippen molar-refractivity contribution in [3.05, 3.63) is 64.7 Å². The van der Waals surface area contributed by atoms with E-state index in [9.17, 15) is 13.2 Å². The molecule has 8 heteroatoms. The highest BCUT2D eigenvalue weighted by molar-refractivity contribution is 7.89. The van der Waals surface area contributed by atoms with E-state index in [1.54, 1.807) is 6.07 Å². The molecular weight excluding hydrogens is 458 g/mol. The van der Waals surface area contributed by atoms with Crippen LogP contribution in [0.2, 0.25) is 5.02 Å². The monoisotopic (exact) mass is 489 g/mol. The van der Waals surface area contributed by atoms with Gasteiger partial charge in [-0.3, -0.25) is 9.69 Å². The molecule has 1 amide bonds. The van der Waals surface area contributed by atoms with Crippen molar-refractivity contribution in [2.45, 2.75) is 37.0 Å². The highest BCUT2D eigenvalue weighted by atomic mass is 35.5. The van der Waals surface area contributed by atoms with Crippen LogP contribution in [-0.4, -0.2) is 74.2 Å². The lowest BCUT2D eigenvalue weighted by Gasteiger charge is -2.35. The molecule has 0 aromatic heterocycles. The maximum absolute atomic E-state index is 13.3. The first-order valence-corrected chi connectivity index (χ1v) is 13.6. The van der Waals surface area contributed by atoms with Gasteiger partial charge in [-0.25, -0.2) is 8.42 Å². The van der Waals surface area contributed by atoms with Crippen molar-refractivity contribution in [1.29, 1.82) is 0 Å². The standard InChI is InChI=1S/C25H32ClN3O3S/c26-23-11-10-22(20-24(23)33(31,32)29-13-6-1-2-7-14-29)25(30)28-18-16-27(17-19-28)15-12-21-8-4-3-5-9-21/h3-5,8-11,20H,1-2,6-7,12-19H2. The molecular formula is C25H32ClN3O3S. The van der Waals surface area contributed by atoms with E-state index in [4.69, 9.17) is 11.6 Å². The molecule has 2 aromatic carbocycles. The van der Waals surface area contributed by atoms with E-state index in [1.165, 1.54) is 22.0 Å². The lowest BCUT2D eigenvalue weighted by molar-refractivity contribution is 0.0638. The Labute approximate surface area is 202 Å². The minimum Gasteiger partial charge on any atom is -0.336 e. The highest BCUT2D eigenvalue weighted by Crippen LogP contribution is 2.28. The molecule has 0 bridgehead atoms. The average Bonchev–Trinajstić information content (AvgIpc) is 3.14. The molecule has 178 valence electrons. The van der Waals surface area contributed by atoms with Crippen molar-refractivity contribution in [1.82, 2.24) is 14.1 Å². The van der Waals surface area contributed by atoms with Gasteiger partial charge < -0.3 is 4.90 Å². The summed E-state index contributed by atoms with van der Waals surface area (Å²) in [5, 5.41) is 0.168. The van der Waals surface area contributed by atoms with Crippen molar-refractivity contribution >= 4 is 27.5 Å². The van der Waals surface area contributed by atoms with Gasteiger partial charge in [0, 0.05) is 51.4 Å². The molecule has 0 saturated carbocycles. The number of halogens is 1. The summed E-state index contributed by atoms with van der Waals surface area (Å²) in [5.41, 5.74) is 1.70. The van der Waals surface area contributed by atoms with E-state index in [-0.39, 0.29) is 15.8 Å². The van der Waals surface area contributed by atoms with E-state index < -0.39 is 10.0 Å².